The lowest BCUT2D eigenvalue weighted by molar-refractivity contribution is -0.160. The standard InChI is InChI=1S/C29H39N3O/c1-4-32-19-24-16-25-20-31(18-21(2)3)27(26(24)15-22-11-7-5-8-12-22)29(25,32)28(33)30-17-23-13-9-6-10-14-23/h5-14,21,24-27H,4,15-20H2,1-3H3,(H,30,33). The molecular formula is C29H39N3O. The number of fused-ring (bicyclic) bond motifs is 1. The Balaban J connectivity index is 1.50. The highest BCUT2D eigenvalue weighted by atomic mass is 16.2. The third kappa shape index (κ3) is 3.91. The fourth-order valence-corrected chi connectivity index (χ4v) is 7.39. The van der Waals surface area contributed by atoms with Crippen LogP contribution in [-0.4, -0.2) is 53.5 Å². The van der Waals surface area contributed by atoms with Crippen LogP contribution in [0.25, 0.3) is 0 Å². The molecule has 6 rings (SSSR count). The van der Waals surface area contributed by atoms with Gasteiger partial charge in [-0.25, -0.2) is 0 Å². The van der Waals surface area contributed by atoms with Crippen molar-refractivity contribution < 1.29 is 4.79 Å². The molecule has 4 bridgehead atoms. The minimum atomic E-state index is -0.410. The van der Waals surface area contributed by atoms with Crippen LogP contribution in [0.1, 0.15) is 38.3 Å². The maximum absolute atomic E-state index is 14.2. The second-order valence-electron chi connectivity index (χ2n) is 10.9. The quantitative estimate of drug-likeness (QED) is 0.661. The molecule has 5 unspecified atom stereocenters. The van der Waals surface area contributed by atoms with Gasteiger partial charge in [0.1, 0.15) is 5.54 Å². The summed E-state index contributed by atoms with van der Waals surface area (Å²) in [4.78, 5) is 19.5. The average Bonchev–Trinajstić information content (AvgIpc) is 3.09. The third-order valence-corrected chi connectivity index (χ3v) is 8.45. The van der Waals surface area contributed by atoms with Crippen molar-refractivity contribution in [3.8, 4) is 0 Å². The van der Waals surface area contributed by atoms with Crippen LogP contribution < -0.4 is 5.32 Å². The number of rotatable bonds is 8. The zero-order valence-electron chi connectivity index (χ0n) is 20.4. The highest BCUT2D eigenvalue weighted by Gasteiger charge is 2.70. The molecule has 3 heterocycles. The summed E-state index contributed by atoms with van der Waals surface area (Å²) < 4.78 is 0. The van der Waals surface area contributed by atoms with E-state index in [0.29, 0.717) is 30.2 Å². The molecule has 1 amide bonds. The molecule has 3 saturated heterocycles. The van der Waals surface area contributed by atoms with E-state index in [4.69, 9.17) is 0 Å². The van der Waals surface area contributed by atoms with E-state index in [1.54, 1.807) is 0 Å². The molecule has 33 heavy (non-hydrogen) atoms. The first kappa shape index (κ1) is 22.6. The SMILES string of the molecule is CCN1CC2CC3CN(CC(C)C)C(C2Cc2ccccc2)C31C(=O)NCc1ccccc1. The molecule has 176 valence electrons. The van der Waals surface area contributed by atoms with E-state index < -0.39 is 5.54 Å². The fraction of sp³-hybridized carbons (Fsp3) is 0.552. The predicted molar refractivity (Wildman–Crippen MR) is 134 cm³/mol. The van der Waals surface area contributed by atoms with E-state index in [0.717, 1.165) is 32.6 Å². The number of piperidine rings is 2. The number of nitrogens with one attached hydrogen (secondary N) is 1. The van der Waals surface area contributed by atoms with Gasteiger partial charge in [0.25, 0.3) is 0 Å². The highest BCUT2D eigenvalue weighted by Crippen LogP contribution is 2.57. The van der Waals surface area contributed by atoms with Gasteiger partial charge >= 0.3 is 0 Å². The van der Waals surface area contributed by atoms with Gasteiger partial charge in [-0.1, -0.05) is 81.4 Å². The molecule has 0 radical (unpaired) electrons. The van der Waals surface area contributed by atoms with Gasteiger partial charge in [-0.3, -0.25) is 14.6 Å². The van der Waals surface area contributed by atoms with Crippen LogP contribution in [-0.2, 0) is 17.8 Å². The number of likely N-dealkylation sites (N-methyl/N-ethyl adjacent to an activating group) is 1. The Kier molecular flexibility index (Phi) is 6.32. The zero-order valence-corrected chi connectivity index (χ0v) is 20.4. The van der Waals surface area contributed by atoms with Gasteiger partial charge in [-0.2, -0.15) is 0 Å². The van der Waals surface area contributed by atoms with Gasteiger partial charge < -0.3 is 5.32 Å². The van der Waals surface area contributed by atoms with Gasteiger partial charge in [0.05, 0.1) is 0 Å². The first-order valence-corrected chi connectivity index (χ1v) is 12.9. The molecule has 0 spiro atoms. The minimum Gasteiger partial charge on any atom is -0.350 e. The lowest BCUT2D eigenvalue weighted by atomic mass is 9.57. The van der Waals surface area contributed by atoms with Gasteiger partial charge in [0, 0.05) is 38.1 Å². The van der Waals surface area contributed by atoms with E-state index in [2.05, 4.69) is 78.4 Å². The minimum absolute atomic E-state index is 0.255. The molecule has 0 aromatic heterocycles. The summed E-state index contributed by atoms with van der Waals surface area (Å²) in [7, 11) is 0. The highest BCUT2D eigenvalue weighted by molar-refractivity contribution is 5.89. The smallest absolute Gasteiger partial charge is 0.242 e. The van der Waals surface area contributed by atoms with Crippen molar-refractivity contribution in [3.63, 3.8) is 0 Å². The van der Waals surface area contributed by atoms with Crippen molar-refractivity contribution in [1.82, 2.24) is 15.1 Å². The van der Waals surface area contributed by atoms with E-state index >= 15 is 0 Å². The summed E-state index contributed by atoms with van der Waals surface area (Å²) in [6, 6.07) is 21.6. The molecule has 1 saturated carbocycles. The maximum Gasteiger partial charge on any atom is 0.242 e. The zero-order chi connectivity index (χ0) is 23.0. The van der Waals surface area contributed by atoms with E-state index in [1.165, 1.54) is 17.5 Å². The lowest BCUT2D eigenvalue weighted by Gasteiger charge is -2.61. The monoisotopic (exact) mass is 445 g/mol. The molecule has 4 aliphatic rings. The van der Waals surface area contributed by atoms with E-state index in [9.17, 15) is 4.79 Å². The molecule has 4 fully saturated rings. The summed E-state index contributed by atoms with van der Waals surface area (Å²) in [6.45, 7) is 11.6. The molecule has 2 aromatic rings. The largest absolute Gasteiger partial charge is 0.350 e. The van der Waals surface area contributed by atoms with Crippen LogP contribution in [0.15, 0.2) is 60.7 Å². The number of likely N-dealkylation sites (tertiary alicyclic amines) is 1. The van der Waals surface area contributed by atoms with Gasteiger partial charge in [0.2, 0.25) is 5.91 Å². The van der Waals surface area contributed by atoms with Crippen molar-refractivity contribution in [3.05, 3.63) is 71.8 Å². The normalized spacial score (nSPS) is 31.3. The maximum atomic E-state index is 14.2. The number of nitrogens with zero attached hydrogens (tertiary/aromatic N) is 2. The van der Waals surface area contributed by atoms with Gasteiger partial charge in [0.15, 0.2) is 0 Å². The Morgan fingerprint density at radius 2 is 1.70 bits per heavy atom. The number of hydrogen-bond donors (Lipinski definition) is 1. The van der Waals surface area contributed by atoms with Crippen molar-refractivity contribution in [1.29, 1.82) is 0 Å². The molecule has 3 aliphatic heterocycles. The van der Waals surface area contributed by atoms with Crippen LogP contribution in [0.2, 0.25) is 0 Å². The third-order valence-electron chi connectivity index (χ3n) is 8.45. The number of carbonyl (C=O) groups is 1. The Hall–Kier alpha value is -2.17. The Morgan fingerprint density at radius 1 is 1.03 bits per heavy atom. The molecule has 5 atom stereocenters. The first-order chi connectivity index (χ1) is 16.0. The van der Waals surface area contributed by atoms with E-state index in [1.807, 2.05) is 18.2 Å². The van der Waals surface area contributed by atoms with Crippen molar-refractivity contribution in [2.75, 3.05) is 26.2 Å². The van der Waals surface area contributed by atoms with E-state index in [-0.39, 0.29) is 11.9 Å². The Morgan fingerprint density at radius 3 is 2.33 bits per heavy atom. The van der Waals surface area contributed by atoms with Gasteiger partial charge in [-0.15, -0.1) is 0 Å². The average molecular weight is 446 g/mol. The van der Waals surface area contributed by atoms with Crippen LogP contribution in [0.3, 0.4) is 0 Å². The molecule has 1 aliphatic carbocycles. The number of hydrogen-bond acceptors (Lipinski definition) is 3. The molecule has 4 heteroatoms. The number of amides is 1. The Labute approximate surface area is 199 Å². The molecular weight excluding hydrogens is 406 g/mol. The second kappa shape index (κ2) is 9.23. The first-order valence-electron chi connectivity index (χ1n) is 12.9. The predicted octanol–water partition coefficient (Wildman–Crippen LogP) is 4.21. The second-order valence-corrected chi connectivity index (χ2v) is 10.9. The van der Waals surface area contributed by atoms with Crippen LogP contribution in [0, 0.1) is 23.7 Å². The molecule has 2 aromatic carbocycles. The van der Waals surface area contributed by atoms with Gasteiger partial charge in [-0.05, 0) is 48.3 Å². The molecule has 1 N–H and O–H groups in total. The topological polar surface area (TPSA) is 35.6 Å². The summed E-state index contributed by atoms with van der Waals surface area (Å²) in [6.07, 6.45) is 2.25. The van der Waals surface area contributed by atoms with Crippen LogP contribution in [0.4, 0.5) is 0 Å². The Bertz CT molecular complexity index is 946. The number of carbonyl (C=O) groups excluding carboxylic acids is 1. The van der Waals surface area contributed by atoms with Crippen molar-refractivity contribution in [2.24, 2.45) is 23.7 Å². The summed E-state index contributed by atoms with van der Waals surface area (Å²) >= 11 is 0. The summed E-state index contributed by atoms with van der Waals surface area (Å²) in [5.41, 5.74) is 2.17. The fourth-order valence-electron chi connectivity index (χ4n) is 7.39. The van der Waals surface area contributed by atoms with Crippen molar-refractivity contribution >= 4 is 5.91 Å². The van der Waals surface area contributed by atoms with Crippen LogP contribution >= 0.6 is 0 Å². The lowest BCUT2D eigenvalue weighted by Crippen LogP contribution is -2.77. The summed E-state index contributed by atoms with van der Waals surface area (Å²) in [5.74, 6) is 2.46. The van der Waals surface area contributed by atoms with Crippen LogP contribution in [0.5, 0.6) is 0 Å². The summed E-state index contributed by atoms with van der Waals surface area (Å²) in [5, 5.41) is 3.40. The van der Waals surface area contributed by atoms with Crippen molar-refractivity contribution in [2.45, 2.75) is 51.7 Å². The number of benzene rings is 2. The molecule has 4 nitrogen and oxygen atoms in total.